The summed E-state index contributed by atoms with van der Waals surface area (Å²) in [4.78, 5) is 22.4. The Morgan fingerprint density at radius 2 is 1.75 bits per heavy atom. The minimum Gasteiger partial charge on any atom is -0.493 e. The van der Waals surface area contributed by atoms with Crippen LogP contribution in [0.3, 0.4) is 0 Å². The Hall–Kier alpha value is -3.98. The van der Waals surface area contributed by atoms with E-state index in [0.29, 0.717) is 11.4 Å². The second-order valence-corrected chi connectivity index (χ2v) is 9.32. The van der Waals surface area contributed by atoms with Crippen molar-refractivity contribution in [2.45, 2.75) is 19.3 Å². The minimum absolute atomic E-state index is 0.00911. The monoisotopic (exact) mass is 488 g/mol. The zero-order chi connectivity index (χ0) is 25.0. The van der Waals surface area contributed by atoms with Crippen molar-refractivity contribution in [2.75, 3.05) is 42.2 Å². The number of nitrogens with one attached hydrogen (secondary N) is 3. The molecule has 3 fully saturated rings. The smallest absolute Gasteiger partial charge is 0.247 e. The third-order valence-corrected chi connectivity index (χ3v) is 6.83. The lowest BCUT2D eigenvalue weighted by molar-refractivity contribution is -0.111. The van der Waals surface area contributed by atoms with Crippen molar-refractivity contribution in [3.8, 4) is 5.75 Å². The maximum atomic E-state index is 14.5. The maximum absolute atomic E-state index is 14.5. The first kappa shape index (κ1) is 23.7. The summed E-state index contributed by atoms with van der Waals surface area (Å²) in [5, 5.41) is 8.74. The highest BCUT2D eigenvalue weighted by Gasteiger charge is 2.39. The number of hydrogen-bond acceptors (Lipinski definition) is 7. The van der Waals surface area contributed by atoms with E-state index in [4.69, 9.17) is 4.74 Å². The number of amides is 1. The van der Waals surface area contributed by atoms with Crippen LogP contribution in [0.1, 0.15) is 19.3 Å². The molecule has 2 bridgehead atoms. The topological polar surface area (TPSA) is 91.4 Å². The number of halogens is 1. The number of fused-ring (bicyclic) bond motifs is 3. The fourth-order valence-electron chi connectivity index (χ4n) is 4.66. The molecule has 1 aromatic heterocycles. The summed E-state index contributed by atoms with van der Waals surface area (Å²) < 4.78 is 20.7. The normalized spacial score (nSPS) is 20.4. The van der Waals surface area contributed by atoms with E-state index in [1.807, 2.05) is 24.3 Å². The zero-order valence-corrected chi connectivity index (χ0v) is 20.0. The number of hydrogen-bond donors (Lipinski definition) is 3. The van der Waals surface area contributed by atoms with Gasteiger partial charge in [0, 0.05) is 28.5 Å². The summed E-state index contributed by atoms with van der Waals surface area (Å²) in [6.07, 6.45) is 5.85. The minimum atomic E-state index is -0.601. The number of rotatable bonds is 9. The van der Waals surface area contributed by atoms with Crippen molar-refractivity contribution in [1.82, 2.24) is 14.9 Å². The van der Waals surface area contributed by atoms with Crippen molar-refractivity contribution >= 4 is 34.7 Å². The summed E-state index contributed by atoms with van der Waals surface area (Å²) >= 11 is 0. The van der Waals surface area contributed by atoms with Crippen molar-refractivity contribution in [3.63, 3.8) is 0 Å². The highest BCUT2D eigenvalue weighted by Crippen LogP contribution is 2.40. The van der Waals surface area contributed by atoms with Crippen molar-refractivity contribution < 1.29 is 13.9 Å². The van der Waals surface area contributed by atoms with Crippen LogP contribution in [0.15, 0.2) is 67.4 Å². The van der Waals surface area contributed by atoms with Crippen LogP contribution in [0.2, 0.25) is 0 Å². The van der Waals surface area contributed by atoms with Gasteiger partial charge >= 0.3 is 0 Å². The summed E-state index contributed by atoms with van der Waals surface area (Å²) in [7, 11) is 0. The lowest BCUT2D eigenvalue weighted by atomic mass is 9.73. The van der Waals surface area contributed by atoms with Gasteiger partial charge in [-0.2, -0.15) is 4.98 Å². The van der Waals surface area contributed by atoms with E-state index in [1.165, 1.54) is 25.3 Å². The lowest BCUT2D eigenvalue weighted by Crippen LogP contribution is -2.50. The van der Waals surface area contributed by atoms with E-state index < -0.39 is 5.82 Å². The molecule has 0 unspecified atom stereocenters. The van der Waals surface area contributed by atoms with Crippen LogP contribution >= 0.6 is 0 Å². The number of carbonyl (C=O) groups is 1. The van der Waals surface area contributed by atoms with E-state index >= 15 is 0 Å². The van der Waals surface area contributed by atoms with E-state index in [9.17, 15) is 9.18 Å². The summed E-state index contributed by atoms with van der Waals surface area (Å²) in [6, 6.07) is 14.5. The Morgan fingerprint density at radius 3 is 2.50 bits per heavy atom. The number of piperidine rings is 3. The molecule has 1 amide bonds. The van der Waals surface area contributed by atoms with Gasteiger partial charge in [0.2, 0.25) is 11.9 Å². The molecular formula is C27H29FN6O2. The SMILES string of the molecule is C=CC(=O)Nc1cccc(Nc2nc(Nc3cccc(OCC45CCN(CC4)CC5)c3)ncc2F)c1. The molecule has 9 heteroatoms. The fraction of sp³-hybridized carbons (Fsp3) is 0.296. The first-order chi connectivity index (χ1) is 17.5. The molecule has 3 aliphatic heterocycles. The van der Waals surface area contributed by atoms with Gasteiger partial charge in [0.05, 0.1) is 12.8 Å². The van der Waals surface area contributed by atoms with Gasteiger partial charge in [-0.15, -0.1) is 0 Å². The van der Waals surface area contributed by atoms with Crippen LogP contribution in [0.25, 0.3) is 0 Å². The molecule has 4 heterocycles. The Kier molecular flexibility index (Phi) is 6.81. The first-order valence-corrected chi connectivity index (χ1v) is 12.1. The van der Waals surface area contributed by atoms with Crippen molar-refractivity contribution in [3.05, 3.63) is 73.2 Å². The Bertz CT molecular complexity index is 1240. The van der Waals surface area contributed by atoms with Gasteiger partial charge in [-0.05, 0) is 75.3 Å². The molecule has 3 N–H and O–H groups in total. The molecule has 36 heavy (non-hydrogen) atoms. The number of aromatic nitrogens is 2. The molecule has 0 aliphatic carbocycles. The molecule has 3 saturated heterocycles. The van der Waals surface area contributed by atoms with Crippen molar-refractivity contribution in [2.24, 2.45) is 5.41 Å². The molecule has 186 valence electrons. The van der Waals surface area contributed by atoms with Crippen LogP contribution in [0.5, 0.6) is 5.75 Å². The molecule has 6 rings (SSSR count). The number of ether oxygens (including phenoxy) is 1. The molecule has 0 saturated carbocycles. The predicted octanol–water partition coefficient (Wildman–Crippen LogP) is 5.09. The van der Waals surface area contributed by atoms with E-state index in [2.05, 4.69) is 37.4 Å². The second-order valence-electron chi connectivity index (χ2n) is 9.32. The second kappa shape index (κ2) is 10.3. The molecule has 3 aliphatic rings. The number of anilines is 5. The first-order valence-electron chi connectivity index (χ1n) is 12.1. The van der Waals surface area contributed by atoms with Gasteiger partial charge in [0.1, 0.15) is 5.75 Å². The van der Waals surface area contributed by atoms with Crippen LogP contribution in [-0.4, -0.2) is 47.0 Å². The highest BCUT2D eigenvalue weighted by molar-refractivity contribution is 5.99. The average molecular weight is 489 g/mol. The Morgan fingerprint density at radius 1 is 1.06 bits per heavy atom. The summed E-state index contributed by atoms with van der Waals surface area (Å²) in [5.41, 5.74) is 2.14. The van der Waals surface area contributed by atoms with Crippen LogP contribution in [-0.2, 0) is 4.79 Å². The van der Waals surface area contributed by atoms with Gasteiger partial charge < -0.3 is 25.6 Å². The number of benzene rings is 2. The van der Waals surface area contributed by atoms with E-state index in [-0.39, 0.29) is 23.1 Å². The van der Waals surface area contributed by atoms with E-state index in [0.717, 1.165) is 43.9 Å². The third-order valence-electron chi connectivity index (χ3n) is 6.83. The van der Waals surface area contributed by atoms with Gasteiger partial charge in [-0.1, -0.05) is 18.7 Å². The molecule has 0 atom stereocenters. The third kappa shape index (κ3) is 5.63. The predicted molar refractivity (Wildman–Crippen MR) is 138 cm³/mol. The fourth-order valence-corrected chi connectivity index (χ4v) is 4.66. The van der Waals surface area contributed by atoms with Crippen LogP contribution in [0.4, 0.5) is 33.2 Å². The van der Waals surface area contributed by atoms with Crippen LogP contribution < -0.4 is 20.7 Å². The molecule has 0 radical (unpaired) electrons. The molecular weight excluding hydrogens is 459 g/mol. The average Bonchev–Trinajstić information content (AvgIpc) is 2.91. The quantitative estimate of drug-likeness (QED) is 0.361. The number of carbonyl (C=O) groups excluding carboxylic acids is 1. The van der Waals surface area contributed by atoms with Gasteiger partial charge in [0.25, 0.3) is 0 Å². The lowest BCUT2D eigenvalue weighted by Gasteiger charge is -2.48. The summed E-state index contributed by atoms with van der Waals surface area (Å²) in [6.45, 7) is 7.65. The van der Waals surface area contributed by atoms with E-state index in [1.54, 1.807) is 24.3 Å². The van der Waals surface area contributed by atoms with Crippen molar-refractivity contribution in [1.29, 1.82) is 0 Å². The summed E-state index contributed by atoms with van der Waals surface area (Å²) in [5.74, 6) is 0.0965. The Labute approximate surface area is 209 Å². The maximum Gasteiger partial charge on any atom is 0.247 e. The molecule has 2 aromatic carbocycles. The zero-order valence-electron chi connectivity index (χ0n) is 20.0. The molecule has 8 nitrogen and oxygen atoms in total. The Balaban J connectivity index is 1.25. The highest BCUT2D eigenvalue weighted by atomic mass is 19.1. The molecule has 3 aromatic rings. The van der Waals surface area contributed by atoms with Crippen LogP contribution in [0, 0.1) is 11.2 Å². The van der Waals surface area contributed by atoms with Gasteiger partial charge in [0.15, 0.2) is 11.6 Å². The number of nitrogens with zero attached hydrogens (tertiary/aromatic N) is 3. The van der Waals surface area contributed by atoms with Gasteiger partial charge in [-0.25, -0.2) is 9.37 Å². The largest absolute Gasteiger partial charge is 0.493 e. The van der Waals surface area contributed by atoms with Gasteiger partial charge in [-0.3, -0.25) is 4.79 Å². The molecule has 0 spiro atoms. The standard InChI is InChI=1S/C27H29FN6O2/c1-2-24(35)30-19-5-3-6-20(15-19)31-25-23(28)17-29-26(33-25)32-21-7-4-8-22(16-21)36-18-27-9-12-34(13-10-27)14-11-27/h2-8,15-17H,1,9-14,18H2,(H,30,35)(H2,29,31,32,33).